The molecule has 21 heavy (non-hydrogen) atoms. The summed E-state index contributed by atoms with van der Waals surface area (Å²) in [5.41, 5.74) is 1.92. The number of nitrogens with zero attached hydrogens (tertiary/aromatic N) is 5. The number of fused-ring (bicyclic) bond motifs is 1. The third-order valence-electron chi connectivity index (χ3n) is 3.05. The van der Waals surface area contributed by atoms with E-state index >= 15 is 0 Å². The van der Waals surface area contributed by atoms with Crippen LogP contribution in [0.15, 0.2) is 31.0 Å². The highest BCUT2D eigenvalue weighted by molar-refractivity contribution is 5.84. The lowest BCUT2D eigenvalue weighted by Gasteiger charge is -2.09. The average Bonchev–Trinajstić information content (AvgIpc) is 3.06. The van der Waals surface area contributed by atoms with Gasteiger partial charge in [0.2, 0.25) is 0 Å². The minimum absolute atomic E-state index is 0.0456. The summed E-state index contributed by atoms with van der Waals surface area (Å²) >= 11 is 0. The molecule has 0 bridgehead atoms. The third kappa shape index (κ3) is 2.69. The van der Waals surface area contributed by atoms with Crippen molar-refractivity contribution in [2.24, 2.45) is 0 Å². The lowest BCUT2D eigenvalue weighted by atomic mass is 10.3. The van der Waals surface area contributed by atoms with Crippen LogP contribution in [-0.2, 0) is 6.54 Å². The van der Waals surface area contributed by atoms with Gasteiger partial charge in [0.15, 0.2) is 11.3 Å². The molecule has 0 amide bonds. The Hall–Kier alpha value is -2.90. The Morgan fingerprint density at radius 1 is 1.38 bits per heavy atom. The molecule has 8 heteroatoms. The normalized spacial score (nSPS) is 10.9. The third-order valence-corrected chi connectivity index (χ3v) is 3.05. The van der Waals surface area contributed by atoms with Gasteiger partial charge in [-0.1, -0.05) is 0 Å². The van der Waals surface area contributed by atoms with E-state index in [1.54, 1.807) is 9.08 Å². The molecule has 3 aromatic rings. The van der Waals surface area contributed by atoms with E-state index in [-0.39, 0.29) is 5.69 Å². The molecule has 0 aliphatic rings. The Balaban J connectivity index is 1.68. The lowest BCUT2D eigenvalue weighted by molar-refractivity contribution is 0.0691. The van der Waals surface area contributed by atoms with Crippen LogP contribution in [0.25, 0.3) is 5.65 Å². The van der Waals surface area contributed by atoms with Gasteiger partial charge >= 0.3 is 5.97 Å². The van der Waals surface area contributed by atoms with Crippen LogP contribution in [0.1, 0.15) is 16.1 Å². The number of rotatable bonds is 5. The quantitative estimate of drug-likeness (QED) is 0.727. The van der Waals surface area contributed by atoms with E-state index in [1.807, 2.05) is 19.1 Å². The summed E-state index contributed by atoms with van der Waals surface area (Å²) in [6.45, 7) is 3.22. The van der Waals surface area contributed by atoms with E-state index in [4.69, 9.17) is 5.11 Å². The number of aromatic nitrogens is 5. The first-order valence-corrected chi connectivity index (χ1v) is 6.43. The maximum Gasteiger partial charge on any atom is 0.356 e. The van der Waals surface area contributed by atoms with Gasteiger partial charge in [0.1, 0.15) is 12.1 Å². The van der Waals surface area contributed by atoms with Crippen molar-refractivity contribution in [3.63, 3.8) is 0 Å². The predicted octanol–water partition coefficient (Wildman–Crippen LogP) is 1.04. The Bertz CT molecular complexity index is 791. The lowest BCUT2D eigenvalue weighted by Crippen LogP contribution is -2.12. The zero-order valence-corrected chi connectivity index (χ0v) is 11.4. The van der Waals surface area contributed by atoms with Crippen LogP contribution in [0.5, 0.6) is 0 Å². The minimum Gasteiger partial charge on any atom is -0.476 e. The van der Waals surface area contributed by atoms with E-state index in [0.29, 0.717) is 13.1 Å². The second kappa shape index (κ2) is 5.23. The molecule has 8 nitrogen and oxygen atoms in total. The van der Waals surface area contributed by atoms with Crippen LogP contribution in [0.3, 0.4) is 0 Å². The van der Waals surface area contributed by atoms with Crippen LogP contribution < -0.4 is 5.32 Å². The van der Waals surface area contributed by atoms with Gasteiger partial charge in [0.25, 0.3) is 0 Å². The molecule has 0 saturated heterocycles. The van der Waals surface area contributed by atoms with E-state index in [2.05, 4.69) is 20.4 Å². The van der Waals surface area contributed by atoms with E-state index in [0.717, 1.165) is 17.0 Å². The number of aromatic carboxylic acids is 1. The summed E-state index contributed by atoms with van der Waals surface area (Å²) < 4.78 is 3.45. The van der Waals surface area contributed by atoms with Crippen LogP contribution in [-0.4, -0.2) is 41.8 Å². The largest absolute Gasteiger partial charge is 0.476 e. The molecule has 0 aliphatic heterocycles. The van der Waals surface area contributed by atoms with Crippen LogP contribution in [0, 0.1) is 6.92 Å². The second-order valence-corrected chi connectivity index (χ2v) is 4.68. The maximum absolute atomic E-state index is 10.8. The number of carbonyl (C=O) groups is 1. The summed E-state index contributed by atoms with van der Waals surface area (Å²) in [6.07, 6.45) is 4.52. The Kier molecular flexibility index (Phi) is 3.27. The number of nitrogens with one attached hydrogen (secondary N) is 1. The standard InChI is InChI=1S/C13H14N6O2/c1-9-4-11(19-12(5-9)15-7-17-19)14-2-3-18-6-10(13(20)21)16-8-18/h4-8,14H,2-3H2,1H3,(H,20,21). The summed E-state index contributed by atoms with van der Waals surface area (Å²) in [5.74, 6) is -0.175. The Morgan fingerprint density at radius 2 is 2.24 bits per heavy atom. The predicted molar refractivity (Wildman–Crippen MR) is 75.4 cm³/mol. The van der Waals surface area contributed by atoms with E-state index in [1.165, 1.54) is 18.9 Å². The SMILES string of the molecule is Cc1cc(NCCn2cnc(C(=O)O)c2)n2ncnc2c1. The van der Waals surface area contributed by atoms with Crippen molar-refractivity contribution in [2.45, 2.75) is 13.5 Å². The molecule has 3 heterocycles. The minimum atomic E-state index is -1.02. The second-order valence-electron chi connectivity index (χ2n) is 4.68. The number of hydrogen-bond donors (Lipinski definition) is 2. The van der Waals surface area contributed by atoms with Gasteiger partial charge in [-0.15, -0.1) is 0 Å². The molecule has 2 N–H and O–H groups in total. The summed E-state index contributed by atoms with van der Waals surface area (Å²) in [7, 11) is 0. The zero-order chi connectivity index (χ0) is 14.8. The highest BCUT2D eigenvalue weighted by atomic mass is 16.4. The molecule has 3 rings (SSSR count). The van der Waals surface area contributed by atoms with Gasteiger partial charge in [0, 0.05) is 19.3 Å². The fraction of sp³-hybridized carbons (Fsp3) is 0.231. The molecule has 0 atom stereocenters. The molecule has 3 aromatic heterocycles. The van der Waals surface area contributed by atoms with Crippen molar-refractivity contribution >= 4 is 17.4 Å². The van der Waals surface area contributed by atoms with Crippen molar-refractivity contribution in [3.8, 4) is 0 Å². The van der Waals surface area contributed by atoms with Crippen molar-refractivity contribution in [1.82, 2.24) is 24.1 Å². The molecule has 0 aliphatic carbocycles. The fourth-order valence-corrected chi connectivity index (χ4v) is 2.09. The molecule has 0 unspecified atom stereocenters. The molecule has 0 spiro atoms. The highest BCUT2D eigenvalue weighted by Gasteiger charge is 2.07. The molecule has 0 saturated carbocycles. The van der Waals surface area contributed by atoms with Crippen molar-refractivity contribution in [1.29, 1.82) is 0 Å². The number of aryl methyl sites for hydroxylation is 1. The smallest absolute Gasteiger partial charge is 0.356 e. The topological polar surface area (TPSA) is 97.3 Å². The molecule has 0 fully saturated rings. The first-order chi connectivity index (χ1) is 10.1. The molecular weight excluding hydrogens is 272 g/mol. The number of hydrogen-bond acceptors (Lipinski definition) is 5. The molecule has 108 valence electrons. The van der Waals surface area contributed by atoms with Gasteiger partial charge in [-0.05, 0) is 24.6 Å². The Labute approximate surface area is 120 Å². The van der Waals surface area contributed by atoms with Crippen LogP contribution in [0.2, 0.25) is 0 Å². The van der Waals surface area contributed by atoms with Crippen molar-refractivity contribution in [2.75, 3.05) is 11.9 Å². The number of imidazole rings is 1. The Morgan fingerprint density at radius 3 is 3.00 bits per heavy atom. The van der Waals surface area contributed by atoms with Crippen LogP contribution in [0.4, 0.5) is 5.82 Å². The zero-order valence-electron chi connectivity index (χ0n) is 11.4. The number of pyridine rings is 1. The van der Waals surface area contributed by atoms with Crippen molar-refractivity contribution < 1.29 is 9.90 Å². The number of carboxylic acids is 1. The van der Waals surface area contributed by atoms with E-state index in [9.17, 15) is 4.79 Å². The maximum atomic E-state index is 10.8. The summed E-state index contributed by atoms with van der Waals surface area (Å²) in [5, 5.41) is 16.2. The number of carboxylic acid groups (broad SMARTS) is 1. The first kappa shape index (κ1) is 13.1. The highest BCUT2D eigenvalue weighted by Crippen LogP contribution is 2.12. The number of anilines is 1. The van der Waals surface area contributed by atoms with Gasteiger partial charge in [0.05, 0.1) is 6.33 Å². The summed E-state index contributed by atoms with van der Waals surface area (Å²) in [4.78, 5) is 18.7. The average molecular weight is 286 g/mol. The molecular formula is C13H14N6O2. The van der Waals surface area contributed by atoms with Crippen LogP contribution >= 0.6 is 0 Å². The van der Waals surface area contributed by atoms with Gasteiger partial charge in [-0.2, -0.15) is 9.61 Å². The molecule has 0 aromatic carbocycles. The van der Waals surface area contributed by atoms with Gasteiger partial charge < -0.3 is 15.0 Å². The molecule has 0 radical (unpaired) electrons. The monoisotopic (exact) mass is 286 g/mol. The fourth-order valence-electron chi connectivity index (χ4n) is 2.09. The first-order valence-electron chi connectivity index (χ1n) is 6.43. The van der Waals surface area contributed by atoms with Crippen molar-refractivity contribution in [3.05, 3.63) is 42.2 Å². The van der Waals surface area contributed by atoms with Gasteiger partial charge in [-0.25, -0.2) is 14.8 Å². The summed E-state index contributed by atoms with van der Waals surface area (Å²) in [6, 6.07) is 3.94. The van der Waals surface area contributed by atoms with Gasteiger partial charge in [-0.3, -0.25) is 0 Å². The van der Waals surface area contributed by atoms with E-state index < -0.39 is 5.97 Å².